The number of benzene rings is 1. The van der Waals surface area contributed by atoms with Gasteiger partial charge in [-0.3, -0.25) is 9.59 Å². The summed E-state index contributed by atoms with van der Waals surface area (Å²) in [5.41, 5.74) is 0.375. The van der Waals surface area contributed by atoms with Crippen LogP contribution in [0.15, 0.2) is 41.4 Å². The van der Waals surface area contributed by atoms with Crippen molar-refractivity contribution in [2.24, 2.45) is 5.92 Å². The second kappa shape index (κ2) is 8.34. The first-order chi connectivity index (χ1) is 13.7. The van der Waals surface area contributed by atoms with Crippen LogP contribution in [-0.2, 0) is 26.0 Å². The number of aromatic nitrogens is 1. The zero-order chi connectivity index (χ0) is 21.2. The van der Waals surface area contributed by atoms with Gasteiger partial charge in [0, 0.05) is 6.54 Å². The molecule has 0 bridgehead atoms. The molecule has 1 aliphatic heterocycles. The predicted molar refractivity (Wildman–Crippen MR) is 101 cm³/mol. The van der Waals surface area contributed by atoms with E-state index < -0.39 is 45.1 Å². The van der Waals surface area contributed by atoms with E-state index >= 15 is 0 Å². The van der Waals surface area contributed by atoms with Crippen LogP contribution in [-0.4, -0.2) is 49.7 Å². The lowest BCUT2D eigenvalue weighted by Crippen LogP contribution is -2.42. The number of hydrogen-bond donors (Lipinski definition) is 1. The third-order valence-corrected chi connectivity index (χ3v) is 6.24. The van der Waals surface area contributed by atoms with Crippen molar-refractivity contribution in [3.8, 4) is 5.75 Å². The normalized spacial score (nSPS) is 17.6. The second-order valence-electron chi connectivity index (χ2n) is 6.31. The number of ether oxygens (including phenoxy) is 1. The Morgan fingerprint density at radius 3 is 2.76 bits per heavy atom. The fraction of sp³-hybridized carbons (Fsp3) is 0.278. The Bertz CT molecular complexity index is 1060. The van der Waals surface area contributed by atoms with Crippen LogP contribution in [0.25, 0.3) is 0 Å². The number of carbonyl (C=O) groups is 2. The van der Waals surface area contributed by atoms with Crippen LogP contribution in [0.5, 0.6) is 5.75 Å². The summed E-state index contributed by atoms with van der Waals surface area (Å²) in [6.45, 7) is -0.793. The van der Waals surface area contributed by atoms with Crippen molar-refractivity contribution in [2.75, 3.05) is 20.2 Å². The average Bonchev–Trinajstić information content (AvgIpc) is 2.82. The Kier molecular flexibility index (Phi) is 6.04. The molecule has 2 aromatic rings. The second-order valence-corrected chi connectivity index (χ2v) is 8.51. The van der Waals surface area contributed by atoms with E-state index in [-0.39, 0.29) is 18.1 Å². The summed E-state index contributed by atoms with van der Waals surface area (Å²) in [5.74, 6) is -2.58. The molecule has 11 heteroatoms. The lowest BCUT2D eigenvalue weighted by atomic mass is 9.97. The van der Waals surface area contributed by atoms with Gasteiger partial charge in [0.15, 0.2) is 5.03 Å². The summed E-state index contributed by atoms with van der Waals surface area (Å²) in [6, 6.07) is 7.77. The van der Waals surface area contributed by atoms with Crippen LogP contribution < -0.4 is 10.1 Å². The number of carbonyl (C=O) groups excluding carboxylic acids is 2. The highest BCUT2D eigenvalue weighted by molar-refractivity contribution is 7.89. The summed E-state index contributed by atoms with van der Waals surface area (Å²) >= 11 is 5.76. The molecular weight excluding hydrogens is 425 g/mol. The minimum Gasteiger partial charge on any atom is -0.496 e. The van der Waals surface area contributed by atoms with E-state index in [1.807, 2.05) is 0 Å². The fourth-order valence-electron chi connectivity index (χ4n) is 2.97. The van der Waals surface area contributed by atoms with Gasteiger partial charge < -0.3 is 10.1 Å². The van der Waals surface area contributed by atoms with Gasteiger partial charge in [-0.05, 0) is 42.3 Å². The van der Waals surface area contributed by atoms with Crippen LogP contribution in [0, 0.1) is 11.7 Å². The average molecular weight is 442 g/mol. The van der Waals surface area contributed by atoms with Crippen molar-refractivity contribution in [1.29, 1.82) is 0 Å². The first-order valence-corrected chi connectivity index (χ1v) is 10.3. The van der Waals surface area contributed by atoms with Crippen molar-refractivity contribution >= 4 is 33.4 Å². The molecule has 29 heavy (non-hydrogen) atoms. The first kappa shape index (κ1) is 21.0. The van der Waals surface area contributed by atoms with E-state index in [1.54, 1.807) is 0 Å². The van der Waals surface area contributed by atoms with Gasteiger partial charge in [-0.15, -0.1) is 0 Å². The molecule has 154 valence electrons. The quantitative estimate of drug-likeness (QED) is 0.703. The summed E-state index contributed by atoms with van der Waals surface area (Å²) < 4.78 is 45.2. The van der Waals surface area contributed by atoms with Crippen LogP contribution >= 0.6 is 11.6 Å². The minimum atomic E-state index is -4.42. The number of halogens is 2. The largest absolute Gasteiger partial charge is 0.496 e. The fourth-order valence-corrected chi connectivity index (χ4v) is 4.55. The van der Waals surface area contributed by atoms with E-state index in [4.69, 9.17) is 16.3 Å². The van der Waals surface area contributed by atoms with Gasteiger partial charge >= 0.3 is 0 Å². The third-order valence-electron chi connectivity index (χ3n) is 4.38. The minimum absolute atomic E-state index is 0.0327. The molecule has 0 spiro atoms. The highest BCUT2D eigenvalue weighted by atomic mass is 35.5. The molecule has 1 saturated heterocycles. The summed E-state index contributed by atoms with van der Waals surface area (Å²) in [5, 5.41) is 2.00. The molecule has 8 nitrogen and oxygen atoms in total. The number of nitrogens with zero attached hydrogens (tertiary/aromatic N) is 2. The molecule has 0 aliphatic carbocycles. The maximum absolute atomic E-state index is 13.7. The molecule has 1 aromatic heterocycles. The zero-order valence-corrected chi connectivity index (χ0v) is 16.8. The van der Waals surface area contributed by atoms with Gasteiger partial charge in [0.2, 0.25) is 11.8 Å². The molecule has 1 fully saturated rings. The Labute approximate surface area is 171 Å². The number of amides is 2. The van der Waals surface area contributed by atoms with Crippen LogP contribution in [0.4, 0.5) is 4.39 Å². The van der Waals surface area contributed by atoms with Crippen molar-refractivity contribution in [3.05, 3.63) is 52.9 Å². The Hall–Kier alpha value is -2.72. The lowest BCUT2D eigenvalue weighted by molar-refractivity contribution is -0.131. The maximum atomic E-state index is 13.7. The Balaban J connectivity index is 1.96. The SMILES string of the molecule is COc1ccc(F)cc1CC1CNC(=O)CN(S(=O)(=O)c2cccc(Cl)n2)C1=O. The molecule has 0 radical (unpaired) electrons. The molecule has 2 amide bonds. The van der Waals surface area contributed by atoms with E-state index in [9.17, 15) is 22.4 Å². The highest BCUT2D eigenvalue weighted by Crippen LogP contribution is 2.26. The third kappa shape index (κ3) is 4.48. The Morgan fingerprint density at radius 2 is 2.07 bits per heavy atom. The number of sulfonamides is 1. The summed E-state index contributed by atoms with van der Waals surface area (Å²) in [7, 11) is -3.02. The first-order valence-electron chi connectivity index (χ1n) is 8.50. The van der Waals surface area contributed by atoms with Crippen LogP contribution in [0.3, 0.4) is 0 Å². The number of pyridine rings is 1. The highest BCUT2D eigenvalue weighted by Gasteiger charge is 2.39. The van der Waals surface area contributed by atoms with Crippen LogP contribution in [0.2, 0.25) is 5.15 Å². The molecule has 1 unspecified atom stereocenters. The molecule has 1 atom stereocenters. The number of methoxy groups -OCH3 is 1. The summed E-state index contributed by atoms with van der Waals surface area (Å²) in [6.07, 6.45) is -0.0327. The molecule has 0 saturated carbocycles. The van der Waals surface area contributed by atoms with Gasteiger partial charge in [0.25, 0.3) is 10.0 Å². The molecule has 1 aromatic carbocycles. The molecular formula is C18H17ClFN3O5S. The van der Waals surface area contributed by atoms with Gasteiger partial charge in [0.05, 0.1) is 13.0 Å². The molecule has 2 heterocycles. The van der Waals surface area contributed by atoms with Crippen LogP contribution in [0.1, 0.15) is 5.56 Å². The van der Waals surface area contributed by atoms with Gasteiger partial charge in [0.1, 0.15) is 23.3 Å². The molecule has 3 rings (SSSR count). The predicted octanol–water partition coefficient (Wildman–Crippen LogP) is 1.39. The maximum Gasteiger partial charge on any atom is 0.284 e. The van der Waals surface area contributed by atoms with Gasteiger partial charge in [-0.25, -0.2) is 13.7 Å². The molecule has 1 aliphatic rings. The lowest BCUT2D eigenvalue weighted by Gasteiger charge is -2.23. The zero-order valence-electron chi connectivity index (χ0n) is 15.3. The topological polar surface area (TPSA) is 106 Å². The number of rotatable bonds is 5. The Morgan fingerprint density at radius 1 is 1.31 bits per heavy atom. The van der Waals surface area contributed by atoms with Crippen molar-refractivity contribution < 1.29 is 27.1 Å². The van der Waals surface area contributed by atoms with Gasteiger partial charge in [-0.1, -0.05) is 17.7 Å². The van der Waals surface area contributed by atoms with Crippen molar-refractivity contribution in [2.45, 2.75) is 11.4 Å². The van der Waals surface area contributed by atoms with Crippen molar-refractivity contribution in [1.82, 2.24) is 14.6 Å². The smallest absolute Gasteiger partial charge is 0.284 e. The van der Waals surface area contributed by atoms with Gasteiger partial charge in [-0.2, -0.15) is 8.42 Å². The van der Waals surface area contributed by atoms with E-state index in [2.05, 4.69) is 10.3 Å². The van der Waals surface area contributed by atoms with E-state index in [1.165, 1.54) is 43.5 Å². The van der Waals surface area contributed by atoms with E-state index in [0.29, 0.717) is 15.6 Å². The van der Waals surface area contributed by atoms with Crippen molar-refractivity contribution in [3.63, 3.8) is 0 Å². The number of hydrogen-bond acceptors (Lipinski definition) is 6. The monoisotopic (exact) mass is 441 g/mol. The number of nitrogens with one attached hydrogen (secondary N) is 1. The standard InChI is InChI=1S/C18H17ClFN3O5S/c1-28-14-6-5-13(20)8-11(14)7-12-9-21-16(24)10-23(18(12)25)29(26,27)17-4-2-3-15(19)22-17/h2-6,8,12H,7,9-10H2,1H3,(H,21,24). The molecule has 1 N–H and O–H groups in total. The van der Waals surface area contributed by atoms with E-state index in [0.717, 1.165) is 0 Å². The summed E-state index contributed by atoms with van der Waals surface area (Å²) in [4.78, 5) is 28.8.